The summed E-state index contributed by atoms with van der Waals surface area (Å²) in [6, 6.07) is 12.8. The van der Waals surface area contributed by atoms with Gasteiger partial charge in [0.05, 0.1) is 14.2 Å². The van der Waals surface area contributed by atoms with E-state index in [1.807, 2.05) is 24.3 Å². The van der Waals surface area contributed by atoms with Crippen molar-refractivity contribution in [2.75, 3.05) is 14.2 Å². The van der Waals surface area contributed by atoms with E-state index in [0.29, 0.717) is 22.6 Å². The summed E-state index contributed by atoms with van der Waals surface area (Å²) >= 11 is 0. The molecule has 0 aliphatic rings. The summed E-state index contributed by atoms with van der Waals surface area (Å²) in [5.74, 6) is 1.05. The molecular formula is C18H15NO3. The van der Waals surface area contributed by atoms with E-state index in [2.05, 4.69) is 4.98 Å². The van der Waals surface area contributed by atoms with Crippen molar-refractivity contribution >= 4 is 16.6 Å². The fourth-order valence-corrected chi connectivity index (χ4v) is 2.39. The number of nitrogens with zero attached hydrogens (tertiary/aromatic N) is 1. The van der Waals surface area contributed by atoms with Crippen molar-refractivity contribution in [1.82, 2.24) is 4.98 Å². The molecule has 0 bridgehead atoms. The van der Waals surface area contributed by atoms with Crippen LogP contribution in [0.1, 0.15) is 15.9 Å². The number of methoxy groups -OCH3 is 2. The molecule has 3 rings (SSSR count). The summed E-state index contributed by atoms with van der Waals surface area (Å²) in [6.07, 6.45) is 3.34. The number of hydrogen-bond acceptors (Lipinski definition) is 4. The third-order valence-corrected chi connectivity index (χ3v) is 3.53. The van der Waals surface area contributed by atoms with Crippen LogP contribution in [0.2, 0.25) is 0 Å². The number of carbonyl (C=O) groups excluding carboxylic acids is 1. The monoisotopic (exact) mass is 293 g/mol. The summed E-state index contributed by atoms with van der Waals surface area (Å²) in [4.78, 5) is 17.0. The Bertz CT molecular complexity index is 815. The van der Waals surface area contributed by atoms with Gasteiger partial charge < -0.3 is 9.47 Å². The van der Waals surface area contributed by atoms with Crippen LogP contribution < -0.4 is 9.47 Å². The van der Waals surface area contributed by atoms with Crippen molar-refractivity contribution in [3.8, 4) is 11.5 Å². The Hall–Kier alpha value is -2.88. The van der Waals surface area contributed by atoms with Crippen LogP contribution in [0.25, 0.3) is 10.8 Å². The highest BCUT2D eigenvalue weighted by atomic mass is 16.5. The van der Waals surface area contributed by atoms with Crippen LogP contribution >= 0.6 is 0 Å². The molecule has 0 N–H and O–H groups in total. The summed E-state index contributed by atoms with van der Waals surface area (Å²) in [5, 5.41) is 1.81. The number of carbonyl (C=O) groups is 1. The van der Waals surface area contributed by atoms with Crippen LogP contribution in [0.15, 0.2) is 54.9 Å². The van der Waals surface area contributed by atoms with E-state index in [1.165, 1.54) is 0 Å². The van der Waals surface area contributed by atoms with Gasteiger partial charge in [0.15, 0.2) is 5.78 Å². The minimum atomic E-state index is -0.110. The molecule has 0 atom stereocenters. The van der Waals surface area contributed by atoms with Crippen molar-refractivity contribution in [2.45, 2.75) is 0 Å². The quantitative estimate of drug-likeness (QED) is 0.691. The highest BCUT2D eigenvalue weighted by molar-refractivity contribution is 6.16. The van der Waals surface area contributed by atoms with Crippen molar-refractivity contribution in [3.63, 3.8) is 0 Å². The van der Waals surface area contributed by atoms with Gasteiger partial charge in [-0.2, -0.15) is 0 Å². The maximum Gasteiger partial charge on any atom is 0.195 e. The minimum absolute atomic E-state index is 0.110. The second-order valence-electron chi connectivity index (χ2n) is 4.84. The highest BCUT2D eigenvalue weighted by Crippen LogP contribution is 2.26. The molecule has 1 heterocycles. The Morgan fingerprint density at radius 1 is 0.955 bits per heavy atom. The zero-order chi connectivity index (χ0) is 15.5. The first-order chi connectivity index (χ1) is 10.7. The van der Waals surface area contributed by atoms with E-state index in [9.17, 15) is 4.79 Å². The number of ether oxygens (including phenoxy) is 2. The fourth-order valence-electron chi connectivity index (χ4n) is 2.39. The zero-order valence-corrected chi connectivity index (χ0v) is 12.4. The minimum Gasteiger partial charge on any atom is -0.497 e. The predicted octanol–water partition coefficient (Wildman–Crippen LogP) is 3.48. The number of rotatable bonds is 4. The van der Waals surface area contributed by atoms with Gasteiger partial charge >= 0.3 is 0 Å². The van der Waals surface area contributed by atoms with E-state index >= 15 is 0 Å². The molecule has 1 aromatic heterocycles. The first-order valence-electron chi connectivity index (χ1n) is 6.83. The van der Waals surface area contributed by atoms with Crippen molar-refractivity contribution in [2.24, 2.45) is 0 Å². The number of benzene rings is 2. The lowest BCUT2D eigenvalue weighted by Crippen LogP contribution is -2.04. The van der Waals surface area contributed by atoms with Crippen LogP contribution in [0.3, 0.4) is 0 Å². The van der Waals surface area contributed by atoms with Gasteiger partial charge in [0, 0.05) is 35.0 Å². The first-order valence-corrected chi connectivity index (χ1v) is 6.83. The molecule has 4 nitrogen and oxygen atoms in total. The van der Waals surface area contributed by atoms with E-state index in [-0.39, 0.29) is 5.78 Å². The molecule has 3 aromatic rings. The van der Waals surface area contributed by atoms with Gasteiger partial charge in [-0.05, 0) is 17.5 Å². The van der Waals surface area contributed by atoms with Crippen LogP contribution in [-0.2, 0) is 0 Å². The van der Waals surface area contributed by atoms with Gasteiger partial charge in [0.25, 0.3) is 0 Å². The van der Waals surface area contributed by atoms with Crippen molar-refractivity contribution < 1.29 is 14.3 Å². The van der Waals surface area contributed by atoms with Crippen molar-refractivity contribution in [1.29, 1.82) is 0 Å². The van der Waals surface area contributed by atoms with Crippen molar-refractivity contribution in [3.05, 3.63) is 66.0 Å². The zero-order valence-electron chi connectivity index (χ0n) is 12.4. The molecule has 4 heteroatoms. The van der Waals surface area contributed by atoms with E-state index in [4.69, 9.17) is 9.47 Å². The number of aromatic nitrogens is 1. The molecule has 0 saturated carbocycles. The Kier molecular flexibility index (Phi) is 3.74. The first kappa shape index (κ1) is 14.1. The largest absolute Gasteiger partial charge is 0.497 e. The normalized spacial score (nSPS) is 10.5. The molecule has 0 aliphatic carbocycles. The molecule has 0 radical (unpaired) electrons. The molecule has 0 unspecified atom stereocenters. The molecular weight excluding hydrogens is 278 g/mol. The third-order valence-electron chi connectivity index (χ3n) is 3.53. The van der Waals surface area contributed by atoms with Crippen LogP contribution in [0.4, 0.5) is 0 Å². The number of ketones is 1. The SMILES string of the molecule is COc1cc(OC)cc(C(=O)c2cncc3ccccc23)c1. The molecule has 0 spiro atoms. The lowest BCUT2D eigenvalue weighted by Gasteiger charge is -2.09. The second kappa shape index (κ2) is 5.85. The topological polar surface area (TPSA) is 48.4 Å². The average molecular weight is 293 g/mol. The lowest BCUT2D eigenvalue weighted by molar-refractivity contribution is 0.103. The molecule has 110 valence electrons. The van der Waals surface area contributed by atoms with Gasteiger partial charge in [-0.15, -0.1) is 0 Å². The standard InChI is InChI=1S/C18H15NO3/c1-21-14-7-13(8-15(9-14)22-2)18(20)17-11-19-10-12-5-3-4-6-16(12)17/h3-11H,1-2H3. The third kappa shape index (κ3) is 2.51. The van der Waals surface area contributed by atoms with Gasteiger partial charge in [-0.3, -0.25) is 9.78 Å². The Balaban J connectivity index is 2.14. The van der Waals surface area contributed by atoms with Gasteiger partial charge in [0.2, 0.25) is 0 Å². The smallest absolute Gasteiger partial charge is 0.195 e. The van der Waals surface area contributed by atoms with Gasteiger partial charge in [-0.25, -0.2) is 0 Å². The van der Waals surface area contributed by atoms with Crippen LogP contribution in [0, 0.1) is 0 Å². The summed E-state index contributed by atoms with van der Waals surface area (Å²) in [6.45, 7) is 0. The molecule has 0 fully saturated rings. The average Bonchev–Trinajstić information content (AvgIpc) is 2.60. The highest BCUT2D eigenvalue weighted by Gasteiger charge is 2.15. The van der Waals surface area contributed by atoms with E-state index in [0.717, 1.165) is 10.8 Å². The maximum absolute atomic E-state index is 12.8. The summed E-state index contributed by atoms with van der Waals surface area (Å²) < 4.78 is 10.4. The number of pyridine rings is 1. The van der Waals surface area contributed by atoms with E-state index in [1.54, 1.807) is 44.8 Å². The fraction of sp³-hybridized carbons (Fsp3) is 0.111. The second-order valence-corrected chi connectivity index (χ2v) is 4.84. The molecule has 0 aliphatic heterocycles. The molecule has 22 heavy (non-hydrogen) atoms. The molecule has 0 saturated heterocycles. The maximum atomic E-state index is 12.8. The van der Waals surface area contributed by atoms with Gasteiger partial charge in [-0.1, -0.05) is 24.3 Å². The Morgan fingerprint density at radius 3 is 2.32 bits per heavy atom. The van der Waals surface area contributed by atoms with E-state index < -0.39 is 0 Å². The number of hydrogen-bond donors (Lipinski definition) is 0. The number of fused-ring (bicyclic) bond motifs is 1. The summed E-state index contributed by atoms with van der Waals surface area (Å²) in [5.41, 5.74) is 1.07. The molecule has 2 aromatic carbocycles. The molecule has 0 amide bonds. The van der Waals surface area contributed by atoms with Crippen LogP contribution in [-0.4, -0.2) is 25.0 Å². The summed E-state index contributed by atoms with van der Waals surface area (Å²) in [7, 11) is 3.12. The Morgan fingerprint density at radius 2 is 1.64 bits per heavy atom. The Labute approximate surface area is 128 Å². The van der Waals surface area contributed by atoms with Gasteiger partial charge in [0.1, 0.15) is 11.5 Å². The predicted molar refractivity (Wildman–Crippen MR) is 84.7 cm³/mol. The lowest BCUT2D eigenvalue weighted by atomic mass is 9.99. The van der Waals surface area contributed by atoms with Crippen LogP contribution in [0.5, 0.6) is 11.5 Å².